The third kappa shape index (κ3) is 9.69. The minimum Gasteiger partial charge on any atom is -0.435 e. The Morgan fingerprint density at radius 1 is 0.842 bits per heavy atom. The van der Waals surface area contributed by atoms with Gasteiger partial charge in [-0.3, -0.25) is 28.8 Å². The summed E-state index contributed by atoms with van der Waals surface area (Å²) in [5, 5.41) is 7.45. The van der Waals surface area contributed by atoms with Gasteiger partial charge >= 0.3 is 24.1 Å². The van der Waals surface area contributed by atoms with Gasteiger partial charge in [0.05, 0.1) is 12.2 Å². The van der Waals surface area contributed by atoms with Crippen molar-refractivity contribution in [2.75, 3.05) is 11.9 Å². The molecule has 0 bridgehead atoms. The van der Waals surface area contributed by atoms with E-state index in [0.29, 0.717) is 5.56 Å². The maximum absolute atomic E-state index is 13.8. The van der Waals surface area contributed by atoms with Gasteiger partial charge in [0.25, 0.3) is 11.8 Å². The Bertz CT molecular complexity index is 2080. The van der Waals surface area contributed by atoms with Gasteiger partial charge in [0.1, 0.15) is 23.5 Å². The summed E-state index contributed by atoms with van der Waals surface area (Å²) < 4.78 is 24.4. The van der Waals surface area contributed by atoms with E-state index >= 15 is 0 Å². The summed E-state index contributed by atoms with van der Waals surface area (Å²) in [6.07, 6.45) is -2.30. The Morgan fingerprint density at radius 3 is 2.14 bits per heavy atom. The molecule has 2 fully saturated rings. The van der Waals surface area contributed by atoms with Crippen molar-refractivity contribution in [3.63, 3.8) is 0 Å². The average Bonchev–Trinajstić information content (AvgIpc) is 3.40. The summed E-state index contributed by atoms with van der Waals surface area (Å²) in [7, 11) is 0. The second-order valence-electron chi connectivity index (χ2n) is 13.2. The zero-order chi connectivity index (χ0) is 41.6. The second-order valence-corrected chi connectivity index (χ2v) is 15.0. The molecule has 5 unspecified atom stereocenters. The minimum atomic E-state index is -1.28. The number of para-hydroxylation sites is 1. The number of rotatable bonds is 13. The SMILES string of the molecule is CCOC(=O)OC(C)OC(=O)C1N2C(=O)C(NC(=O)C(NC(=O)c3ccc(NC(=O)c4cccc(OC(C)=O)c4OC(C)=O)cc3)c3ccccc3)C2SC1(C)C. The number of amides is 4. The van der Waals surface area contributed by atoms with Gasteiger partial charge in [-0.25, -0.2) is 9.59 Å². The molecule has 3 N–H and O–H groups in total. The van der Waals surface area contributed by atoms with Gasteiger partial charge in [-0.05, 0) is 62.7 Å². The van der Waals surface area contributed by atoms with Crippen LogP contribution >= 0.6 is 11.8 Å². The lowest BCUT2D eigenvalue weighted by Gasteiger charge is -2.44. The maximum Gasteiger partial charge on any atom is 0.511 e. The molecule has 2 heterocycles. The van der Waals surface area contributed by atoms with Gasteiger partial charge in [-0.2, -0.15) is 0 Å². The molecule has 0 saturated carbocycles. The van der Waals surface area contributed by atoms with E-state index in [0.717, 1.165) is 13.8 Å². The lowest BCUT2D eigenvalue weighted by molar-refractivity contribution is -0.180. The van der Waals surface area contributed by atoms with Gasteiger partial charge in [0.2, 0.25) is 18.1 Å². The topological polar surface area (TPSA) is 222 Å². The van der Waals surface area contributed by atoms with Gasteiger partial charge < -0.3 is 44.5 Å². The van der Waals surface area contributed by atoms with E-state index in [1.807, 2.05) is 0 Å². The highest BCUT2D eigenvalue weighted by Gasteiger charge is 2.64. The largest absolute Gasteiger partial charge is 0.511 e. The van der Waals surface area contributed by atoms with E-state index in [1.165, 1.54) is 66.1 Å². The molecule has 300 valence electrons. The summed E-state index contributed by atoms with van der Waals surface area (Å²) >= 11 is 1.28. The number of ether oxygens (including phenoxy) is 5. The Kier molecular flexibility index (Phi) is 12.9. The van der Waals surface area contributed by atoms with Crippen LogP contribution in [-0.2, 0) is 38.2 Å². The third-order valence-electron chi connectivity index (χ3n) is 8.57. The maximum atomic E-state index is 13.8. The molecule has 57 heavy (non-hydrogen) atoms. The number of fused-ring (bicyclic) bond motifs is 1. The number of carbonyl (C=O) groups excluding carboxylic acids is 8. The van der Waals surface area contributed by atoms with Gasteiger partial charge in [-0.1, -0.05) is 36.4 Å². The summed E-state index contributed by atoms with van der Waals surface area (Å²) in [5.41, 5.74) is 0.710. The predicted molar refractivity (Wildman–Crippen MR) is 202 cm³/mol. The molecule has 0 radical (unpaired) electrons. The Morgan fingerprint density at radius 2 is 1.51 bits per heavy atom. The van der Waals surface area contributed by atoms with Crippen molar-refractivity contribution in [1.82, 2.24) is 15.5 Å². The van der Waals surface area contributed by atoms with Crippen LogP contribution in [0.4, 0.5) is 10.5 Å². The molecule has 2 saturated heterocycles. The number of hydrogen-bond donors (Lipinski definition) is 3. The highest BCUT2D eigenvalue weighted by atomic mass is 32.2. The van der Waals surface area contributed by atoms with Gasteiger partial charge in [0, 0.05) is 36.8 Å². The first-order valence-corrected chi connectivity index (χ1v) is 18.5. The van der Waals surface area contributed by atoms with E-state index in [2.05, 4.69) is 16.0 Å². The van der Waals surface area contributed by atoms with Crippen molar-refractivity contribution in [2.24, 2.45) is 0 Å². The molecule has 3 aromatic rings. The Labute approximate surface area is 331 Å². The summed E-state index contributed by atoms with van der Waals surface area (Å²) in [5.74, 6) is -5.19. The summed E-state index contributed by atoms with van der Waals surface area (Å²) in [4.78, 5) is 104. The van der Waals surface area contributed by atoms with Crippen LogP contribution in [-0.4, -0.2) is 87.7 Å². The minimum absolute atomic E-state index is 0.0631. The average molecular weight is 805 g/mol. The van der Waals surface area contributed by atoms with E-state index in [4.69, 9.17) is 23.7 Å². The monoisotopic (exact) mass is 804 g/mol. The molecular weight excluding hydrogens is 765 g/mol. The fraction of sp³-hybridized carbons (Fsp3) is 0.333. The number of hydrogen-bond acceptors (Lipinski definition) is 14. The van der Waals surface area contributed by atoms with Crippen molar-refractivity contribution in [3.05, 3.63) is 89.5 Å². The van der Waals surface area contributed by atoms with Crippen molar-refractivity contribution in [1.29, 1.82) is 0 Å². The van der Waals surface area contributed by atoms with Crippen molar-refractivity contribution in [3.8, 4) is 11.5 Å². The molecular formula is C39H40N4O13S. The molecule has 18 heteroatoms. The van der Waals surface area contributed by atoms with Crippen LogP contribution in [0.25, 0.3) is 0 Å². The van der Waals surface area contributed by atoms with Crippen molar-refractivity contribution < 1.29 is 62.0 Å². The molecule has 4 amide bonds. The standard InChI is InChI=1S/C39H40N4O13S/c1-7-52-38(51)56-22(4)55-37(50)31-39(5,6)57-36-29(35(49)43(31)36)42-34(48)28(23-12-9-8-10-13-23)41-32(46)24-16-18-25(19-17-24)40-33(47)26-14-11-15-27(53-20(2)44)30(26)54-21(3)45/h8-19,22,28-29,31,36H,7H2,1-6H3,(H,40,47)(H,41,46)(H,42,48). The van der Waals surface area contributed by atoms with Crippen LogP contribution in [0, 0.1) is 0 Å². The first kappa shape index (κ1) is 41.7. The molecule has 0 aliphatic carbocycles. The van der Waals surface area contributed by atoms with Gasteiger partial charge in [0.15, 0.2) is 11.5 Å². The first-order valence-electron chi connectivity index (χ1n) is 17.6. The van der Waals surface area contributed by atoms with Crippen molar-refractivity contribution >= 4 is 65.1 Å². The number of β-lactam (4-membered cyclic amide) rings is 1. The molecule has 2 aliphatic rings. The van der Waals surface area contributed by atoms with Crippen LogP contribution in [0.1, 0.15) is 73.9 Å². The van der Waals surface area contributed by atoms with Crippen LogP contribution in [0.15, 0.2) is 72.8 Å². The fourth-order valence-corrected chi connectivity index (χ4v) is 7.77. The number of anilines is 1. The second kappa shape index (κ2) is 17.6. The normalized spacial score (nSPS) is 18.7. The number of nitrogens with zero attached hydrogens (tertiary/aromatic N) is 1. The van der Waals surface area contributed by atoms with Crippen LogP contribution < -0.4 is 25.4 Å². The van der Waals surface area contributed by atoms with Crippen LogP contribution in [0.2, 0.25) is 0 Å². The lowest BCUT2D eigenvalue weighted by atomic mass is 9.95. The molecule has 0 spiro atoms. The summed E-state index contributed by atoms with van der Waals surface area (Å²) in [6, 6.07) is 14.9. The third-order valence-corrected chi connectivity index (χ3v) is 10.1. The zero-order valence-electron chi connectivity index (χ0n) is 31.7. The molecule has 17 nitrogen and oxygen atoms in total. The summed E-state index contributed by atoms with van der Waals surface area (Å²) in [6.45, 7) is 8.77. The fourth-order valence-electron chi connectivity index (χ4n) is 6.14. The first-order chi connectivity index (χ1) is 27.0. The van der Waals surface area contributed by atoms with Crippen molar-refractivity contribution in [2.45, 2.75) is 76.1 Å². The van der Waals surface area contributed by atoms with E-state index in [1.54, 1.807) is 51.1 Å². The molecule has 0 aromatic heterocycles. The smallest absolute Gasteiger partial charge is 0.435 e. The van der Waals surface area contributed by atoms with E-state index < -0.39 is 82.2 Å². The number of nitrogens with one attached hydrogen (secondary N) is 3. The van der Waals surface area contributed by atoms with Crippen LogP contribution in [0.3, 0.4) is 0 Å². The predicted octanol–water partition coefficient (Wildman–Crippen LogP) is 3.87. The molecule has 5 atom stereocenters. The quantitative estimate of drug-likeness (QED) is 0.0967. The highest BCUT2D eigenvalue weighted by Crippen LogP contribution is 2.51. The number of benzene rings is 3. The molecule has 2 aliphatic heterocycles. The van der Waals surface area contributed by atoms with E-state index in [9.17, 15) is 38.4 Å². The van der Waals surface area contributed by atoms with E-state index in [-0.39, 0.29) is 34.9 Å². The van der Waals surface area contributed by atoms with Crippen LogP contribution in [0.5, 0.6) is 11.5 Å². The lowest BCUT2D eigenvalue weighted by Crippen LogP contribution is -2.71. The van der Waals surface area contributed by atoms with Gasteiger partial charge in [-0.15, -0.1) is 11.8 Å². The highest BCUT2D eigenvalue weighted by molar-refractivity contribution is 8.01. The zero-order valence-corrected chi connectivity index (χ0v) is 32.5. The number of esters is 3. The molecule has 3 aromatic carbocycles. The Balaban J connectivity index is 1.26. The molecule has 5 rings (SSSR count). The number of carbonyl (C=O) groups is 8. The Hall–Kier alpha value is -6.43. The number of thioether (sulfide) groups is 1.